The summed E-state index contributed by atoms with van der Waals surface area (Å²) in [4.78, 5) is 43.2. The van der Waals surface area contributed by atoms with Gasteiger partial charge in [-0.3, -0.25) is 9.59 Å². The van der Waals surface area contributed by atoms with Gasteiger partial charge < -0.3 is 40.3 Å². The summed E-state index contributed by atoms with van der Waals surface area (Å²) in [5.74, 6) is 3.31. The number of phenolic OH excluding ortho intramolecular Hbond substituents is 1. The molecule has 3 heterocycles. The van der Waals surface area contributed by atoms with Crippen molar-refractivity contribution in [1.29, 1.82) is 0 Å². The maximum absolute atomic E-state index is 15.6. The van der Waals surface area contributed by atoms with Crippen LogP contribution in [0.15, 0.2) is 84.5 Å². The number of hydrogen-bond acceptors (Lipinski definition) is 11. The molecule has 0 aromatic heterocycles. The number of phenols is 1. The number of rotatable bonds is 8. The molecule has 0 amide bonds. The van der Waals surface area contributed by atoms with Crippen LogP contribution in [0.3, 0.4) is 0 Å². The highest BCUT2D eigenvalue weighted by atomic mass is 16.6. The Bertz CT molecular complexity index is 2610. The number of benzene rings is 3. The van der Waals surface area contributed by atoms with Gasteiger partial charge in [-0.2, -0.15) is 0 Å². The first kappa shape index (κ1) is 48.5. The predicted molar refractivity (Wildman–Crippen MR) is 263 cm³/mol. The molecule has 9 rings (SSSR count). The molecule has 0 radical (unpaired) electrons. The molecule has 1 spiro atoms. The topological polar surface area (TPSA) is 183 Å². The number of Topliss-reactive ketones (excluding diaryl/α,β-unsaturated/α-hetero) is 1. The summed E-state index contributed by atoms with van der Waals surface area (Å²) in [6.07, 6.45) is 13.1. The van der Waals surface area contributed by atoms with Gasteiger partial charge in [-0.1, -0.05) is 99.1 Å². The highest BCUT2D eigenvalue weighted by molar-refractivity contribution is 5.89. The van der Waals surface area contributed by atoms with Gasteiger partial charge in [0.2, 0.25) is 0 Å². The summed E-state index contributed by atoms with van der Waals surface area (Å²) in [6.45, 7) is 3.58. The van der Waals surface area contributed by atoms with Crippen molar-refractivity contribution in [3.63, 3.8) is 0 Å². The van der Waals surface area contributed by atoms with Crippen molar-refractivity contribution in [2.75, 3.05) is 11.9 Å². The predicted octanol–water partition coefficient (Wildman–Crippen LogP) is 8.58. The summed E-state index contributed by atoms with van der Waals surface area (Å²) < 4.78 is 12.9. The first-order chi connectivity index (χ1) is 33.3. The third-order valence-corrected chi connectivity index (χ3v) is 16.0. The van der Waals surface area contributed by atoms with E-state index >= 15 is 4.79 Å². The van der Waals surface area contributed by atoms with Crippen LogP contribution in [0.4, 0.5) is 5.69 Å². The molecule has 6 aliphatic rings. The van der Waals surface area contributed by atoms with E-state index in [-0.39, 0.29) is 74.0 Å². The Labute approximate surface area is 405 Å². The van der Waals surface area contributed by atoms with E-state index in [0.717, 1.165) is 30.4 Å². The molecular weight excluding hydrogens is 871 g/mol. The zero-order valence-electron chi connectivity index (χ0n) is 39.9. The normalized spacial score (nSPS) is 29.1. The van der Waals surface area contributed by atoms with Gasteiger partial charge in [0.15, 0.2) is 0 Å². The monoisotopic (exact) mass is 937 g/mol. The Kier molecular flexibility index (Phi) is 14.4. The zero-order chi connectivity index (χ0) is 48.5. The Balaban J connectivity index is 1.30. The molecule has 9 atom stereocenters. The van der Waals surface area contributed by atoms with Gasteiger partial charge in [0.05, 0.1) is 31.2 Å². The fraction of sp³-hybridized carbons (Fsp3) is 0.500. The molecule has 2 saturated carbocycles. The molecule has 6 N–H and O–H groups in total. The number of ketones is 1. The fourth-order valence-electron chi connectivity index (χ4n) is 12.4. The highest BCUT2D eigenvalue weighted by Gasteiger charge is 2.50. The summed E-state index contributed by atoms with van der Waals surface area (Å²) in [7, 11) is 0. The van der Waals surface area contributed by atoms with E-state index in [9.17, 15) is 35.1 Å². The largest absolute Gasteiger partial charge is 0.507 e. The van der Waals surface area contributed by atoms with Crippen molar-refractivity contribution in [3.05, 3.63) is 123 Å². The van der Waals surface area contributed by atoms with Crippen LogP contribution >= 0.6 is 0 Å². The molecule has 0 saturated heterocycles. The molecule has 11 heteroatoms. The lowest BCUT2D eigenvalue weighted by Crippen LogP contribution is -2.54. The molecule has 3 aromatic carbocycles. The molecule has 8 bridgehead atoms. The van der Waals surface area contributed by atoms with Crippen molar-refractivity contribution in [2.45, 2.75) is 164 Å². The van der Waals surface area contributed by atoms with Crippen molar-refractivity contribution in [2.24, 2.45) is 11.8 Å². The number of carbonyl (C=O) groups is 3. The van der Waals surface area contributed by atoms with Crippen molar-refractivity contribution in [1.82, 2.24) is 0 Å². The Hall–Kier alpha value is -5.51. The van der Waals surface area contributed by atoms with Crippen LogP contribution in [0.25, 0.3) is 0 Å². The molecule has 69 heavy (non-hydrogen) atoms. The van der Waals surface area contributed by atoms with Crippen LogP contribution < -0.4 is 10.1 Å². The number of allylic oxidation sites excluding steroid dienone is 4. The van der Waals surface area contributed by atoms with Crippen LogP contribution in [-0.2, 0) is 44.0 Å². The summed E-state index contributed by atoms with van der Waals surface area (Å²) in [6, 6.07) is 15.5. The molecule has 3 aliphatic heterocycles. The maximum Gasteiger partial charge on any atom is 0.334 e. The fourth-order valence-corrected chi connectivity index (χ4v) is 12.4. The minimum atomic E-state index is -1.66. The number of ether oxygens (including phenoxy) is 2. The molecule has 11 nitrogen and oxygen atoms in total. The number of aromatic hydroxyl groups is 1. The van der Waals surface area contributed by atoms with Crippen LogP contribution in [0.5, 0.6) is 11.5 Å². The lowest BCUT2D eigenvalue weighted by atomic mass is 9.64. The van der Waals surface area contributed by atoms with Crippen molar-refractivity contribution in [3.8, 4) is 23.3 Å². The van der Waals surface area contributed by atoms with Crippen LogP contribution in [0, 0.1) is 23.7 Å². The standard InChI is InChI=1S/C58H67NO10/c1-3-19-58(67)46-17-18-49(62)42(27-46)22-36-11-10-14-45(24-36)57(20-8-5-9-21-57)50(63)30-44-26-39(41-23-37(34-60)25-47(28-41)59-33-35(2)61)15-16-40-32-52(64)69-55-48(40)29-43(31-51(58)68-56(44)66)54(65)53(55)38-12-6-4-7-13-38/h4,6-7,10-12,14,23-25,28-30,35,38-40,42,46,50-51,59-61,63,65,67H,3,5,8-9,13,17-22,26-27,31-34H2,1-2H3. The number of aliphatic hydroxyl groups excluding tert-OH is 3. The zero-order valence-corrected chi connectivity index (χ0v) is 39.9. The molecule has 3 aromatic rings. The number of carbonyl (C=O) groups excluding carboxylic acids is 3. The molecule has 3 aliphatic carbocycles. The summed E-state index contributed by atoms with van der Waals surface area (Å²) >= 11 is 0. The lowest BCUT2D eigenvalue weighted by Gasteiger charge is -2.45. The second kappa shape index (κ2) is 20.4. The molecule has 9 unspecified atom stereocenters. The number of fused-ring (bicyclic) bond motifs is 9. The lowest BCUT2D eigenvalue weighted by molar-refractivity contribution is -0.176. The van der Waals surface area contributed by atoms with Gasteiger partial charge in [0, 0.05) is 64.9 Å². The minimum Gasteiger partial charge on any atom is -0.507 e. The number of esters is 2. The van der Waals surface area contributed by atoms with Crippen LogP contribution in [-0.4, -0.2) is 73.7 Å². The Morgan fingerprint density at radius 2 is 1.77 bits per heavy atom. The van der Waals surface area contributed by atoms with Gasteiger partial charge in [-0.15, -0.1) is 0 Å². The third kappa shape index (κ3) is 9.96. The second-order valence-corrected chi connectivity index (χ2v) is 20.7. The van der Waals surface area contributed by atoms with Gasteiger partial charge in [0.1, 0.15) is 29.0 Å². The number of anilines is 1. The number of hydrogen-bond donors (Lipinski definition) is 6. The minimum absolute atomic E-state index is 0.0417. The van der Waals surface area contributed by atoms with Crippen LogP contribution in [0.1, 0.15) is 154 Å². The average molecular weight is 938 g/mol. The maximum atomic E-state index is 15.6. The van der Waals surface area contributed by atoms with E-state index in [1.807, 2.05) is 61.6 Å². The smallest absolute Gasteiger partial charge is 0.334 e. The summed E-state index contributed by atoms with van der Waals surface area (Å²) in [5, 5.41) is 63.0. The molecule has 2 fully saturated rings. The van der Waals surface area contributed by atoms with E-state index in [2.05, 4.69) is 23.2 Å². The van der Waals surface area contributed by atoms with Gasteiger partial charge in [-0.05, 0) is 116 Å². The van der Waals surface area contributed by atoms with E-state index in [1.165, 1.54) is 0 Å². The SMILES string of the molecule is CCCC1(O)C2CCC(=O)C(Cc3cccc(c3)C3(CCCCC3)C(O)C=C3CC(c4cc(CO)cc(NCC(C)O)c4)C#CC4CC(=O)Oc5c4cc(c(O)c5C4C=CC=CC4)CC1OC3=O)C2. The van der Waals surface area contributed by atoms with Crippen LogP contribution in [0.2, 0.25) is 0 Å². The first-order valence-electron chi connectivity index (χ1n) is 25.3. The van der Waals surface area contributed by atoms with E-state index in [4.69, 9.17) is 9.47 Å². The number of aliphatic hydroxyl groups is 4. The van der Waals surface area contributed by atoms with Crippen molar-refractivity contribution >= 4 is 23.4 Å². The van der Waals surface area contributed by atoms with Gasteiger partial charge >= 0.3 is 11.9 Å². The van der Waals surface area contributed by atoms with Gasteiger partial charge in [-0.25, -0.2) is 4.79 Å². The van der Waals surface area contributed by atoms with E-state index in [0.29, 0.717) is 78.5 Å². The quantitative estimate of drug-likeness (QED) is 0.0723. The molecular formula is C58H67NO10. The van der Waals surface area contributed by atoms with E-state index < -0.39 is 64.9 Å². The Morgan fingerprint density at radius 1 is 0.957 bits per heavy atom. The number of nitrogens with one attached hydrogen (secondary N) is 1. The summed E-state index contributed by atoms with van der Waals surface area (Å²) in [5.41, 5.74) is 2.97. The highest BCUT2D eigenvalue weighted by Crippen LogP contribution is 2.51. The van der Waals surface area contributed by atoms with Gasteiger partial charge in [0.25, 0.3) is 0 Å². The second-order valence-electron chi connectivity index (χ2n) is 20.7. The van der Waals surface area contributed by atoms with Crippen molar-refractivity contribution < 1.29 is 49.4 Å². The van der Waals surface area contributed by atoms with E-state index in [1.54, 1.807) is 25.1 Å². The Morgan fingerprint density at radius 3 is 2.52 bits per heavy atom. The average Bonchev–Trinajstić information content (AvgIpc) is 3.35. The first-order valence-corrected chi connectivity index (χ1v) is 25.3. The third-order valence-electron chi connectivity index (χ3n) is 16.0. The molecule has 364 valence electrons.